The van der Waals surface area contributed by atoms with Gasteiger partial charge in [-0.2, -0.15) is 0 Å². The molecule has 0 aliphatic heterocycles. The summed E-state index contributed by atoms with van der Waals surface area (Å²) in [6, 6.07) is 6.46. The van der Waals surface area contributed by atoms with Crippen LogP contribution in [0.15, 0.2) is 30.6 Å². The van der Waals surface area contributed by atoms with E-state index < -0.39 is 0 Å². The quantitative estimate of drug-likeness (QED) is 0.856. The van der Waals surface area contributed by atoms with E-state index in [1.54, 1.807) is 6.20 Å². The van der Waals surface area contributed by atoms with E-state index in [0.29, 0.717) is 6.10 Å². The molecule has 0 bridgehead atoms. The number of ether oxygens (including phenoxy) is 1. The van der Waals surface area contributed by atoms with E-state index >= 15 is 0 Å². The Bertz CT molecular complexity index is 559. The normalized spacial score (nSPS) is 15.5. The van der Waals surface area contributed by atoms with Gasteiger partial charge in [0, 0.05) is 24.5 Å². The van der Waals surface area contributed by atoms with Crippen molar-refractivity contribution in [1.29, 1.82) is 0 Å². The Morgan fingerprint density at radius 1 is 1.29 bits per heavy atom. The SMILES string of the molecule is Cc1ccc(CNCc2ncc[nH]2)c(OC2CCCC2)c1. The van der Waals surface area contributed by atoms with Gasteiger partial charge < -0.3 is 15.0 Å². The van der Waals surface area contributed by atoms with Gasteiger partial charge in [0.05, 0.1) is 12.6 Å². The lowest BCUT2D eigenvalue weighted by Gasteiger charge is -2.17. The highest BCUT2D eigenvalue weighted by molar-refractivity contribution is 5.37. The number of aryl methyl sites for hydroxylation is 1. The number of imidazole rings is 1. The van der Waals surface area contributed by atoms with Crippen molar-refractivity contribution in [3.63, 3.8) is 0 Å². The van der Waals surface area contributed by atoms with E-state index in [0.717, 1.165) is 24.7 Å². The van der Waals surface area contributed by atoms with Crippen LogP contribution in [0.5, 0.6) is 5.75 Å². The van der Waals surface area contributed by atoms with Crippen LogP contribution in [-0.4, -0.2) is 16.1 Å². The van der Waals surface area contributed by atoms with Gasteiger partial charge in [-0.1, -0.05) is 12.1 Å². The lowest BCUT2D eigenvalue weighted by atomic mass is 10.1. The van der Waals surface area contributed by atoms with Gasteiger partial charge in [0.1, 0.15) is 11.6 Å². The maximum atomic E-state index is 6.21. The first-order valence-electron chi connectivity index (χ1n) is 7.76. The van der Waals surface area contributed by atoms with Crippen LogP contribution in [0.25, 0.3) is 0 Å². The Morgan fingerprint density at radius 2 is 2.14 bits per heavy atom. The van der Waals surface area contributed by atoms with Crippen LogP contribution < -0.4 is 10.1 Å². The van der Waals surface area contributed by atoms with Crippen molar-refractivity contribution in [1.82, 2.24) is 15.3 Å². The van der Waals surface area contributed by atoms with E-state index in [1.807, 2.05) is 6.20 Å². The van der Waals surface area contributed by atoms with E-state index in [-0.39, 0.29) is 0 Å². The highest BCUT2D eigenvalue weighted by atomic mass is 16.5. The summed E-state index contributed by atoms with van der Waals surface area (Å²) in [6.07, 6.45) is 8.98. The van der Waals surface area contributed by atoms with Crippen molar-refractivity contribution in [3.8, 4) is 5.75 Å². The van der Waals surface area contributed by atoms with Crippen LogP contribution in [0.4, 0.5) is 0 Å². The van der Waals surface area contributed by atoms with Gasteiger partial charge in [0.2, 0.25) is 0 Å². The molecule has 0 radical (unpaired) electrons. The second kappa shape index (κ2) is 6.76. The summed E-state index contributed by atoms with van der Waals surface area (Å²) < 4.78 is 6.21. The van der Waals surface area contributed by atoms with Gasteiger partial charge in [-0.05, 0) is 44.2 Å². The second-order valence-corrected chi connectivity index (χ2v) is 5.77. The number of hydrogen-bond acceptors (Lipinski definition) is 3. The van der Waals surface area contributed by atoms with Crippen molar-refractivity contribution in [3.05, 3.63) is 47.5 Å². The molecule has 2 N–H and O–H groups in total. The fourth-order valence-corrected chi connectivity index (χ4v) is 2.81. The molecule has 1 aromatic carbocycles. The first-order chi connectivity index (χ1) is 10.3. The third-order valence-corrected chi connectivity index (χ3v) is 3.98. The molecule has 4 heteroatoms. The molecule has 0 amide bonds. The molecule has 1 aromatic heterocycles. The lowest BCUT2D eigenvalue weighted by Crippen LogP contribution is -2.17. The fraction of sp³-hybridized carbons (Fsp3) is 0.471. The largest absolute Gasteiger partial charge is 0.490 e. The van der Waals surface area contributed by atoms with Crippen molar-refractivity contribution in [2.45, 2.75) is 51.8 Å². The summed E-state index contributed by atoms with van der Waals surface area (Å²) in [6.45, 7) is 3.65. The second-order valence-electron chi connectivity index (χ2n) is 5.77. The Labute approximate surface area is 125 Å². The molecule has 0 spiro atoms. The number of rotatable bonds is 6. The summed E-state index contributed by atoms with van der Waals surface area (Å²) in [5, 5.41) is 3.42. The van der Waals surface area contributed by atoms with Gasteiger partial charge in [0.15, 0.2) is 0 Å². The third kappa shape index (κ3) is 3.85. The number of benzene rings is 1. The van der Waals surface area contributed by atoms with Crippen LogP contribution in [0.3, 0.4) is 0 Å². The van der Waals surface area contributed by atoms with Crippen LogP contribution >= 0.6 is 0 Å². The average Bonchev–Trinajstić information content (AvgIpc) is 3.14. The Balaban J connectivity index is 1.62. The number of aromatic nitrogens is 2. The van der Waals surface area contributed by atoms with Gasteiger partial charge in [-0.15, -0.1) is 0 Å². The summed E-state index contributed by atoms with van der Waals surface area (Å²) in [7, 11) is 0. The molecule has 1 heterocycles. The van der Waals surface area contributed by atoms with Gasteiger partial charge in [-0.3, -0.25) is 0 Å². The molecule has 1 saturated carbocycles. The smallest absolute Gasteiger partial charge is 0.124 e. The van der Waals surface area contributed by atoms with Gasteiger partial charge in [0.25, 0.3) is 0 Å². The Hall–Kier alpha value is -1.81. The third-order valence-electron chi connectivity index (χ3n) is 3.98. The summed E-state index contributed by atoms with van der Waals surface area (Å²) in [4.78, 5) is 7.32. The van der Waals surface area contributed by atoms with Crippen LogP contribution in [0, 0.1) is 6.92 Å². The van der Waals surface area contributed by atoms with E-state index in [2.05, 4.69) is 40.4 Å². The van der Waals surface area contributed by atoms with E-state index in [1.165, 1.54) is 36.8 Å². The number of nitrogens with zero attached hydrogens (tertiary/aromatic N) is 1. The maximum Gasteiger partial charge on any atom is 0.124 e. The average molecular weight is 285 g/mol. The number of aromatic amines is 1. The van der Waals surface area contributed by atoms with Crippen molar-refractivity contribution < 1.29 is 4.74 Å². The minimum absolute atomic E-state index is 0.399. The van der Waals surface area contributed by atoms with Crippen LogP contribution in [-0.2, 0) is 13.1 Å². The molecule has 1 fully saturated rings. The molecule has 1 aliphatic carbocycles. The van der Waals surface area contributed by atoms with Crippen molar-refractivity contribution in [2.75, 3.05) is 0 Å². The minimum atomic E-state index is 0.399. The zero-order chi connectivity index (χ0) is 14.5. The predicted molar refractivity (Wildman–Crippen MR) is 83.2 cm³/mol. The summed E-state index contributed by atoms with van der Waals surface area (Å²) >= 11 is 0. The maximum absolute atomic E-state index is 6.21. The lowest BCUT2D eigenvalue weighted by molar-refractivity contribution is 0.207. The van der Waals surface area contributed by atoms with Crippen LogP contribution in [0.1, 0.15) is 42.6 Å². The van der Waals surface area contributed by atoms with E-state index in [4.69, 9.17) is 4.74 Å². The summed E-state index contributed by atoms with van der Waals surface area (Å²) in [5.41, 5.74) is 2.47. The van der Waals surface area contributed by atoms with Gasteiger partial charge >= 0.3 is 0 Å². The van der Waals surface area contributed by atoms with E-state index in [9.17, 15) is 0 Å². The van der Waals surface area contributed by atoms with Gasteiger partial charge in [-0.25, -0.2) is 4.98 Å². The molecule has 21 heavy (non-hydrogen) atoms. The van der Waals surface area contributed by atoms with Crippen molar-refractivity contribution in [2.24, 2.45) is 0 Å². The number of H-pyrrole nitrogens is 1. The Kier molecular flexibility index (Phi) is 4.55. The zero-order valence-corrected chi connectivity index (χ0v) is 12.6. The zero-order valence-electron chi connectivity index (χ0n) is 12.6. The van der Waals surface area contributed by atoms with Crippen molar-refractivity contribution >= 4 is 0 Å². The fourth-order valence-electron chi connectivity index (χ4n) is 2.81. The first-order valence-corrected chi connectivity index (χ1v) is 7.76. The predicted octanol–water partition coefficient (Wildman–Crippen LogP) is 3.33. The first kappa shape index (κ1) is 14.1. The monoisotopic (exact) mass is 285 g/mol. The van der Waals surface area contributed by atoms with Crippen LogP contribution in [0.2, 0.25) is 0 Å². The molecular weight excluding hydrogens is 262 g/mol. The molecule has 2 aromatic rings. The highest BCUT2D eigenvalue weighted by Crippen LogP contribution is 2.27. The number of hydrogen-bond donors (Lipinski definition) is 2. The molecule has 0 saturated heterocycles. The Morgan fingerprint density at radius 3 is 2.90 bits per heavy atom. The molecule has 112 valence electrons. The summed E-state index contributed by atoms with van der Waals surface area (Å²) in [5.74, 6) is 1.99. The molecule has 3 rings (SSSR count). The molecule has 0 unspecified atom stereocenters. The standard InChI is InChI=1S/C17H23N3O/c1-13-6-7-14(11-18-12-17-19-8-9-20-17)16(10-13)21-15-4-2-3-5-15/h6-10,15,18H,2-5,11-12H2,1H3,(H,19,20). The number of nitrogens with one attached hydrogen (secondary N) is 2. The molecular formula is C17H23N3O. The molecule has 0 atom stereocenters. The highest BCUT2D eigenvalue weighted by Gasteiger charge is 2.17. The molecule has 4 nitrogen and oxygen atoms in total. The molecule has 1 aliphatic rings. The topological polar surface area (TPSA) is 49.9 Å². The minimum Gasteiger partial charge on any atom is -0.490 e.